The molecule has 1 unspecified atom stereocenters. The molecule has 102 valence electrons. The van der Waals surface area contributed by atoms with Gasteiger partial charge in [-0.3, -0.25) is 4.79 Å². The summed E-state index contributed by atoms with van der Waals surface area (Å²) in [4.78, 5) is 15.3. The Balaban J connectivity index is 1.86. The number of aromatic nitrogens is 5. The van der Waals surface area contributed by atoms with E-state index in [9.17, 15) is 4.79 Å². The van der Waals surface area contributed by atoms with Crippen LogP contribution in [0.2, 0.25) is 0 Å². The molecule has 8 heteroatoms. The van der Waals surface area contributed by atoms with Crippen LogP contribution in [0.3, 0.4) is 0 Å². The Morgan fingerprint density at radius 1 is 1.45 bits per heavy atom. The molecule has 2 heterocycles. The fourth-order valence-corrected chi connectivity index (χ4v) is 2.02. The first-order valence-electron chi connectivity index (χ1n) is 6.06. The zero-order valence-electron chi connectivity index (χ0n) is 10.7. The first-order chi connectivity index (χ1) is 9.65. The zero-order valence-corrected chi connectivity index (χ0v) is 10.7. The Hall–Kier alpha value is -2.90. The lowest BCUT2D eigenvalue weighted by molar-refractivity contribution is 0.0940. The summed E-state index contributed by atoms with van der Waals surface area (Å²) in [6.07, 6.45) is 1.66. The highest BCUT2D eigenvalue weighted by molar-refractivity contribution is 6.07. The lowest BCUT2D eigenvalue weighted by Gasteiger charge is -2.09. The van der Waals surface area contributed by atoms with Crippen LogP contribution in [0.15, 0.2) is 24.4 Å². The van der Waals surface area contributed by atoms with Gasteiger partial charge in [-0.15, -0.1) is 10.2 Å². The summed E-state index contributed by atoms with van der Waals surface area (Å²) in [5.74, 6) is 0.223. The van der Waals surface area contributed by atoms with E-state index in [0.29, 0.717) is 17.1 Å². The van der Waals surface area contributed by atoms with Crippen molar-refractivity contribution in [1.29, 1.82) is 0 Å². The molecule has 20 heavy (non-hydrogen) atoms. The molecule has 3 aromatic rings. The van der Waals surface area contributed by atoms with Crippen molar-refractivity contribution in [3.05, 3.63) is 35.8 Å². The van der Waals surface area contributed by atoms with Crippen molar-refractivity contribution in [2.24, 2.45) is 0 Å². The second-order valence-corrected chi connectivity index (χ2v) is 4.47. The molecule has 0 radical (unpaired) electrons. The Morgan fingerprint density at radius 2 is 2.30 bits per heavy atom. The highest BCUT2D eigenvalue weighted by atomic mass is 16.1. The molecule has 0 saturated heterocycles. The van der Waals surface area contributed by atoms with Gasteiger partial charge in [-0.1, -0.05) is 5.21 Å². The SMILES string of the molecule is CC(NC(=O)c1c[nH]c2cc(N)ccc12)c1nn[nH]n1. The normalized spacial score (nSPS) is 12.4. The van der Waals surface area contributed by atoms with Gasteiger partial charge >= 0.3 is 0 Å². The smallest absolute Gasteiger partial charge is 0.254 e. The van der Waals surface area contributed by atoms with Crippen LogP contribution in [0.4, 0.5) is 5.69 Å². The first-order valence-corrected chi connectivity index (χ1v) is 6.06. The highest BCUT2D eigenvalue weighted by Gasteiger charge is 2.17. The molecule has 2 aromatic heterocycles. The largest absolute Gasteiger partial charge is 0.399 e. The molecule has 0 aliphatic heterocycles. The molecule has 5 N–H and O–H groups in total. The predicted molar refractivity (Wildman–Crippen MR) is 72.8 cm³/mol. The van der Waals surface area contributed by atoms with Crippen molar-refractivity contribution < 1.29 is 4.79 Å². The summed E-state index contributed by atoms with van der Waals surface area (Å²) < 4.78 is 0. The second-order valence-electron chi connectivity index (χ2n) is 4.47. The van der Waals surface area contributed by atoms with Crippen molar-refractivity contribution in [1.82, 2.24) is 30.9 Å². The van der Waals surface area contributed by atoms with Gasteiger partial charge in [0, 0.05) is 22.8 Å². The average molecular weight is 271 g/mol. The highest BCUT2D eigenvalue weighted by Crippen LogP contribution is 2.21. The van der Waals surface area contributed by atoms with Crippen LogP contribution in [0.5, 0.6) is 0 Å². The molecule has 0 aliphatic carbocycles. The minimum absolute atomic E-state index is 0.210. The van der Waals surface area contributed by atoms with Crippen molar-refractivity contribution in [3.63, 3.8) is 0 Å². The number of benzene rings is 1. The van der Waals surface area contributed by atoms with E-state index in [0.717, 1.165) is 10.9 Å². The number of nitrogens with one attached hydrogen (secondary N) is 3. The van der Waals surface area contributed by atoms with E-state index in [4.69, 9.17) is 5.73 Å². The number of fused-ring (bicyclic) bond motifs is 1. The molecule has 0 fully saturated rings. The quantitative estimate of drug-likeness (QED) is 0.523. The maximum Gasteiger partial charge on any atom is 0.254 e. The number of hydrogen-bond acceptors (Lipinski definition) is 5. The lowest BCUT2D eigenvalue weighted by atomic mass is 10.1. The second kappa shape index (κ2) is 4.65. The average Bonchev–Trinajstić information content (AvgIpc) is 3.07. The van der Waals surface area contributed by atoms with E-state index in [1.54, 1.807) is 25.3 Å². The summed E-state index contributed by atoms with van der Waals surface area (Å²) in [6.45, 7) is 1.79. The third kappa shape index (κ3) is 2.07. The number of carbonyl (C=O) groups excluding carboxylic acids is 1. The number of nitrogens with zero attached hydrogens (tertiary/aromatic N) is 3. The standard InChI is InChI=1S/C12H13N7O/c1-6(11-16-18-19-17-11)15-12(20)9-5-14-10-4-7(13)2-3-8(9)10/h2-6,14H,13H2,1H3,(H,15,20)(H,16,17,18,19). The number of H-pyrrole nitrogens is 2. The fraction of sp³-hybridized carbons (Fsp3) is 0.167. The van der Waals surface area contributed by atoms with E-state index in [2.05, 4.69) is 30.9 Å². The van der Waals surface area contributed by atoms with Crippen LogP contribution in [0.25, 0.3) is 10.9 Å². The maximum atomic E-state index is 12.3. The third-order valence-electron chi connectivity index (χ3n) is 3.05. The summed E-state index contributed by atoms with van der Waals surface area (Å²) in [7, 11) is 0. The number of nitrogens with two attached hydrogens (primary N) is 1. The molecule has 1 aromatic carbocycles. The maximum absolute atomic E-state index is 12.3. The van der Waals surface area contributed by atoms with E-state index in [-0.39, 0.29) is 11.9 Å². The van der Waals surface area contributed by atoms with E-state index in [1.807, 2.05) is 6.07 Å². The Morgan fingerprint density at radius 3 is 3.05 bits per heavy atom. The number of nitrogen functional groups attached to an aromatic ring is 1. The van der Waals surface area contributed by atoms with Gasteiger partial charge in [0.15, 0.2) is 5.82 Å². The monoisotopic (exact) mass is 271 g/mol. The van der Waals surface area contributed by atoms with Crippen molar-refractivity contribution in [3.8, 4) is 0 Å². The van der Waals surface area contributed by atoms with Gasteiger partial charge in [0.25, 0.3) is 5.91 Å². The molecule has 0 saturated carbocycles. The van der Waals surface area contributed by atoms with Crippen molar-refractivity contribution in [2.45, 2.75) is 13.0 Å². The molecule has 0 bridgehead atoms. The van der Waals surface area contributed by atoms with Gasteiger partial charge in [-0.2, -0.15) is 5.21 Å². The van der Waals surface area contributed by atoms with Crippen molar-refractivity contribution >= 4 is 22.5 Å². The number of rotatable bonds is 3. The molecule has 0 aliphatic rings. The molecule has 8 nitrogen and oxygen atoms in total. The van der Waals surface area contributed by atoms with Crippen LogP contribution >= 0.6 is 0 Å². The minimum Gasteiger partial charge on any atom is -0.399 e. The lowest BCUT2D eigenvalue weighted by Crippen LogP contribution is -2.27. The number of anilines is 1. The number of amides is 1. The number of carbonyl (C=O) groups is 1. The number of aromatic amines is 2. The topological polar surface area (TPSA) is 125 Å². The first kappa shape index (κ1) is 12.2. The van der Waals surface area contributed by atoms with Crippen LogP contribution in [0.1, 0.15) is 29.1 Å². The minimum atomic E-state index is -0.333. The number of hydrogen-bond donors (Lipinski definition) is 4. The van der Waals surface area contributed by atoms with Crippen molar-refractivity contribution in [2.75, 3.05) is 5.73 Å². The van der Waals surface area contributed by atoms with E-state index < -0.39 is 0 Å². The summed E-state index contributed by atoms with van der Waals surface area (Å²) in [5, 5.41) is 17.1. The van der Waals surface area contributed by atoms with Gasteiger partial charge in [0.1, 0.15) is 0 Å². The Labute approximate surface area is 113 Å². The van der Waals surface area contributed by atoms with Crippen LogP contribution < -0.4 is 11.1 Å². The molecule has 0 spiro atoms. The van der Waals surface area contributed by atoms with Crippen LogP contribution in [0, 0.1) is 0 Å². The van der Waals surface area contributed by atoms with E-state index >= 15 is 0 Å². The fourth-order valence-electron chi connectivity index (χ4n) is 2.02. The molecular formula is C12H13N7O. The molecule has 1 amide bonds. The Kier molecular flexibility index (Phi) is 2.82. The molecular weight excluding hydrogens is 258 g/mol. The Bertz CT molecular complexity index is 746. The third-order valence-corrected chi connectivity index (χ3v) is 3.05. The summed E-state index contributed by atoms with van der Waals surface area (Å²) >= 11 is 0. The summed E-state index contributed by atoms with van der Waals surface area (Å²) in [6, 6.07) is 5.03. The van der Waals surface area contributed by atoms with Gasteiger partial charge < -0.3 is 16.0 Å². The zero-order chi connectivity index (χ0) is 14.1. The molecule has 1 atom stereocenters. The van der Waals surface area contributed by atoms with E-state index in [1.165, 1.54) is 0 Å². The summed E-state index contributed by atoms with van der Waals surface area (Å²) in [5.41, 5.74) is 7.72. The van der Waals surface area contributed by atoms with Gasteiger partial charge in [0.05, 0.1) is 11.6 Å². The number of tetrazole rings is 1. The van der Waals surface area contributed by atoms with Gasteiger partial charge in [0.2, 0.25) is 0 Å². The van der Waals surface area contributed by atoms with Gasteiger partial charge in [-0.25, -0.2) is 0 Å². The van der Waals surface area contributed by atoms with Crippen LogP contribution in [-0.4, -0.2) is 31.5 Å². The van der Waals surface area contributed by atoms with Gasteiger partial charge in [-0.05, 0) is 25.1 Å². The predicted octanol–water partition coefficient (Wildman–Crippen LogP) is 0.754. The van der Waals surface area contributed by atoms with Crippen LogP contribution in [-0.2, 0) is 0 Å². The molecule has 3 rings (SSSR count).